The van der Waals surface area contributed by atoms with Crippen molar-refractivity contribution >= 4 is 18.0 Å². The second kappa shape index (κ2) is 9.72. The first-order chi connectivity index (χ1) is 16.9. The molecular weight excluding hydrogens is 444 g/mol. The van der Waals surface area contributed by atoms with Crippen LogP contribution in [-0.4, -0.2) is 53.7 Å². The van der Waals surface area contributed by atoms with E-state index in [1.165, 1.54) is 22.3 Å². The van der Waals surface area contributed by atoms with Crippen molar-refractivity contribution in [2.24, 2.45) is 17.8 Å². The van der Waals surface area contributed by atoms with Crippen LogP contribution in [0.15, 0.2) is 48.5 Å². The third-order valence-electron chi connectivity index (χ3n) is 7.95. The molecular formula is C28H32N2O5. The number of alkyl carbamates (subject to hydrolysis) is 1. The first kappa shape index (κ1) is 23.4. The number of carbonyl (C=O) groups excluding carboxylic acids is 2. The van der Waals surface area contributed by atoms with E-state index >= 15 is 0 Å². The van der Waals surface area contributed by atoms with Crippen molar-refractivity contribution in [2.75, 3.05) is 19.7 Å². The molecule has 35 heavy (non-hydrogen) atoms. The Balaban J connectivity index is 1.10. The number of nitrogens with zero attached hydrogens (tertiary/aromatic N) is 1. The van der Waals surface area contributed by atoms with Gasteiger partial charge in [0.1, 0.15) is 6.61 Å². The van der Waals surface area contributed by atoms with Gasteiger partial charge in [-0.25, -0.2) is 4.79 Å². The molecule has 1 aliphatic heterocycles. The standard InChI is InChI=1S/C28H32N2O5/c1-17-14-30(15-24(17)27(32)33)26(31)13-18-10-11-19(12-18)29-28(34)35-16-25-22-8-4-2-6-20(22)21-7-3-5-9-23(21)25/h2-9,17-19,24-25H,10-16H2,1H3,(H,29,34)(H,32,33). The van der Waals surface area contributed by atoms with Crippen molar-refractivity contribution in [3.05, 3.63) is 59.7 Å². The van der Waals surface area contributed by atoms with Gasteiger partial charge >= 0.3 is 12.1 Å². The molecule has 0 radical (unpaired) electrons. The molecule has 7 nitrogen and oxygen atoms in total. The Kier molecular flexibility index (Phi) is 6.50. The van der Waals surface area contributed by atoms with Gasteiger partial charge in [0.25, 0.3) is 0 Å². The van der Waals surface area contributed by atoms with E-state index in [0.717, 1.165) is 19.3 Å². The van der Waals surface area contributed by atoms with Crippen LogP contribution in [0.25, 0.3) is 11.1 Å². The van der Waals surface area contributed by atoms with Crippen LogP contribution in [0.2, 0.25) is 0 Å². The number of carboxylic acids is 1. The first-order valence-corrected chi connectivity index (χ1v) is 12.5. The Morgan fingerprint density at radius 2 is 1.66 bits per heavy atom. The molecule has 0 aromatic heterocycles. The van der Waals surface area contributed by atoms with E-state index in [9.17, 15) is 19.5 Å². The monoisotopic (exact) mass is 476 g/mol. The predicted octanol–water partition coefficient (Wildman–Crippen LogP) is 4.26. The quantitative estimate of drug-likeness (QED) is 0.649. The number of aliphatic carboxylic acids is 1. The lowest BCUT2D eigenvalue weighted by Crippen LogP contribution is -2.35. The third-order valence-corrected chi connectivity index (χ3v) is 7.95. The van der Waals surface area contributed by atoms with Crippen LogP contribution < -0.4 is 5.32 Å². The number of nitrogens with one attached hydrogen (secondary N) is 1. The van der Waals surface area contributed by atoms with Gasteiger partial charge in [0.15, 0.2) is 0 Å². The zero-order chi connectivity index (χ0) is 24.5. The average Bonchev–Trinajstić information content (AvgIpc) is 3.53. The normalized spacial score (nSPS) is 25.2. The summed E-state index contributed by atoms with van der Waals surface area (Å²) in [5, 5.41) is 12.3. The highest BCUT2D eigenvalue weighted by atomic mass is 16.5. The van der Waals surface area contributed by atoms with Gasteiger partial charge in [0, 0.05) is 31.5 Å². The van der Waals surface area contributed by atoms with Gasteiger partial charge in [-0.1, -0.05) is 55.5 Å². The van der Waals surface area contributed by atoms with Crippen molar-refractivity contribution in [3.63, 3.8) is 0 Å². The summed E-state index contributed by atoms with van der Waals surface area (Å²) in [6, 6.07) is 16.5. The SMILES string of the molecule is CC1CN(C(=O)CC2CCC(NC(=O)OCC3c4ccccc4-c4ccccc43)C2)CC1C(=O)O. The van der Waals surface area contributed by atoms with Crippen molar-refractivity contribution in [1.82, 2.24) is 10.2 Å². The fourth-order valence-corrected chi connectivity index (χ4v) is 6.07. The van der Waals surface area contributed by atoms with E-state index < -0.39 is 18.0 Å². The van der Waals surface area contributed by atoms with Crippen LogP contribution in [0.3, 0.4) is 0 Å². The number of hydrogen-bond acceptors (Lipinski definition) is 4. The van der Waals surface area contributed by atoms with Gasteiger partial charge in [0.05, 0.1) is 5.92 Å². The zero-order valence-electron chi connectivity index (χ0n) is 20.0. The highest BCUT2D eigenvalue weighted by molar-refractivity contribution is 5.80. The Labute approximate surface area is 205 Å². The molecule has 1 saturated carbocycles. The van der Waals surface area contributed by atoms with Crippen LogP contribution in [-0.2, 0) is 14.3 Å². The molecule has 2 aromatic rings. The minimum atomic E-state index is -0.832. The third kappa shape index (κ3) is 4.77. The summed E-state index contributed by atoms with van der Waals surface area (Å²) in [4.78, 5) is 38.3. The van der Waals surface area contributed by atoms with Gasteiger partial charge < -0.3 is 20.1 Å². The van der Waals surface area contributed by atoms with Crippen LogP contribution in [0, 0.1) is 17.8 Å². The molecule has 0 spiro atoms. The van der Waals surface area contributed by atoms with E-state index in [1.54, 1.807) is 4.90 Å². The molecule has 1 saturated heterocycles. The van der Waals surface area contributed by atoms with E-state index in [4.69, 9.17) is 4.74 Å². The smallest absolute Gasteiger partial charge is 0.407 e. The van der Waals surface area contributed by atoms with Crippen LogP contribution in [0.5, 0.6) is 0 Å². The summed E-state index contributed by atoms with van der Waals surface area (Å²) in [6.07, 6.45) is 2.41. The molecule has 5 rings (SSSR count). The average molecular weight is 477 g/mol. The molecule has 0 bridgehead atoms. The fraction of sp³-hybridized carbons (Fsp3) is 0.464. The molecule has 2 N–H and O–H groups in total. The maximum Gasteiger partial charge on any atom is 0.407 e. The lowest BCUT2D eigenvalue weighted by atomic mass is 9.98. The van der Waals surface area contributed by atoms with Crippen molar-refractivity contribution < 1.29 is 24.2 Å². The molecule has 3 aliphatic rings. The molecule has 2 amide bonds. The summed E-state index contributed by atoms with van der Waals surface area (Å²) >= 11 is 0. The maximum atomic E-state index is 12.7. The molecule has 184 valence electrons. The molecule has 2 fully saturated rings. The summed E-state index contributed by atoms with van der Waals surface area (Å²) in [5.41, 5.74) is 4.76. The van der Waals surface area contributed by atoms with Crippen LogP contribution in [0.1, 0.15) is 49.7 Å². The number of amides is 2. The van der Waals surface area contributed by atoms with Gasteiger partial charge in [-0.2, -0.15) is 0 Å². The van der Waals surface area contributed by atoms with Crippen molar-refractivity contribution in [2.45, 2.75) is 44.6 Å². The summed E-state index contributed by atoms with van der Waals surface area (Å²) in [5.74, 6) is -1.10. The second-order valence-electron chi connectivity index (χ2n) is 10.3. The Hall–Kier alpha value is -3.35. The minimum Gasteiger partial charge on any atom is -0.481 e. The topological polar surface area (TPSA) is 95.9 Å². The Morgan fingerprint density at radius 3 is 2.29 bits per heavy atom. The van der Waals surface area contributed by atoms with E-state index in [2.05, 4.69) is 29.6 Å². The van der Waals surface area contributed by atoms with Gasteiger partial charge in [-0.15, -0.1) is 0 Å². The van der Waals surface area contributed by atoms with Crippen molar-refractivity contribution in [3.8, 4) is 11.1 Å². The molecule has 7 heteroatoms. The number of ether oxygens (including phenoxy) is 1. The first-order valence-electron chi connectivity index (χ1n) is 12.5. The van der Waals surface area contributed by atoms with Gasteiger partial charge in [0.2, 0.25) is 5.91 Å². The van der Waals surface area contributed by atoms with Gasteiger partial charge in [-0.05, 0) is 53.4 Å². The number of hydrogen-bond donors (Lipinski definition) is 2. The highest BCUT2D eigenvalue weighted by Crippen LogP contribution is 2.44. The predicted molar refractivity (Wildman–Crippen MR) is 131 cm³/mol. The van der Waals surface area contributed by atoms with E-state index in [1.807, 2.05) is 31.2 Å². The lowest BCUT2D eigenvalue weighted by molar-refractivity contribution is -0.142. The van der Waals surface area contributed by atoms with Gasteiger partial charge in [-0.3, -0.25) is 9.59 Å². The summed E-state index contributed by atoms with van der Waals surface area (Å²) in [6.45, 7) is 2.97. The Bertz CT molecular complexity index is 1090. The van der Waals surface area contributed by atoms with Crippen molar-refractivity contribution in [1.29, 1.82) is 0 Å². The number of rotatable bonds is 6. The highest BCUT2D eigenvalue weighted by Gasteiger charge is 2.38. The molecule has 4 unspecified atom stereocenters. The molecule has 4 atom stereocenters. The summed E-state index contributed by atoms with van der Waals surface area (Å²) < 4.78 is 5.66. The lowest BCUT2D eigenvalue weighted by Gasteiger charge is -2.19. The number of fused-ring (bicyclic) bond motifs is 3. The Morgan fingerprint density at radius 1 is 1.00 bits per heavy atom. The fourth-order valence-electron chi connectivity index (χ4n) is 6.07. The van der Waals surface area contributed by atoms with E-state index in [0.29, 0.717) is 19.5 Å². The maximum absolute atomic E-state index is 12.7. The van der Waals surface area contributed by atoms with Crippen LogP contribution >= 0.6 is 0 Å². The minimum absolute atomic E-state index is 0.00674. The number of carboxylic acid groups (broad SMARTS) is 1. The number of carbonyl (C=O) groups is 3. The second-order valence-corrected chi connectivity index (χ2v) is 10.3. The number of benzene rings is 2. The molecule has 1 heterocycles. The largest absolute Gasteiger partial charge is 0.481 e. The molecule has 2 aliphatic carbocycles. The van der Waals surface area contributed by atoms with E-state index in [-0.39, 0.29) is 36.3 Å². The number of likely N-dealkylation sites (tertiary alicyclic amines) is 1. The summed E-state index contributed by atoms with van der Waals surface area (Å²) in [7, 11) is 0. The van der Waals surface area contributed by atoms with Crippen LogP contribution in [0.4, 0.5) is 4.79 Å². The molecule has 2 aromatic carbocycles. The zero-order valence-corrected chi connectivity index (χ0v) is 20.0.